The summed E-state index contributed by atoms with van der Waals surface area (Å²) < 4.78 is 2.21. The van der Waals surface area contributed by atoms with Crippen molar-refractivity contribution >= 4 is 16.7 Å². The molecule has 0 aliphatic carbocycles. The summed E-state index contributed by atoms with van der Waals surface area (Å²) in [7, 11) is 0. The Labute approximate surface area is 94.9 Å². The van der Waals surface area contributed by atoms with E-state index in [0.29, 0.717) is 18.7 Å². The first-order chi connectivity index (χ1) is 7.81. The summed E-state index contributed by atoms with van der Waals surface area (Å²) in [6.45, 7) is 2.76. The normalized spacial score (nSPS) is 15.4. The molecule has 0 saturated carbocycles. The molecule has 82 valence electrons. The number of ketones is 1. The third kappa shape index (κ3) is 1.22. The monoisotopic (exact) mass is 213 g/mol. The minimum absolute atomic E-state index is 0.357. The van der Waals surface area contributed by atoms with Gasteiger partial charge >= 0.3 is 0 Å². The molecule has 16 heavy (non-hydrogen) atoms. The molecule has 0 saturated heterocycles. The van der Waals surface area contributed by atoms with Gasteiger partial charge in [0.15, 0.2) is 5.78 Å². The zero-order chi connectivity index (χ0) is 11.1. The molecular formula is C14H15NO. The van der Waals surface area contributed by atoms with E-state index in [1.54, 1.807) is 0 Å². The van der Waals surface area contributed by atoms with Crippen molar-refractivity contribution in [2.75, 3.05) is 0 Å². The van der Waals surface area contributed by atoms with Crippen molar-refractivity contribution in [1.82, 2.24) is 4.57 Å². The molecule has 0 N–H and O–H groups in total. The maximum absolute atomic E-state index is 11.5. The molecule has 2 heterocycles. The zero-order valence-corrected chi connectivity index (χ0v) is 9.49. The lowest BCUT2D eigenvalue weighted by molar-refractivity contribution is -0.120. The third-order valence-electron chi connectivity index (χ3n) is 3.52. The molecule has 1 aromatic heterocycles. The Hall–Kier alpha value is -1.57. The highest BCUT2D eigenvalue weighted by Crippen LogP contribution is 2.29. The van der Waals surface area contributed by atoms with E-state index in [-0.39, 0.29) is 0 Å². The highest BCUT2D eigenvalue weighted by molar-refractivity contribution is 5.89. The molecule has 0 radical (unpaired) electrons. The molecule has 2 nitrogen and oxygen atoms in total. The van der Waals surface area contributed by atoms with Crippen LogP contribution in [0.3, 0.4) is 0 Å². The molecule has 1 aromatic carbocycles. The van der Waals surface area contributed by atoms with E-state index in [1.807, 2.05) is 6.07 Å². The number of nitrogens with zero attached hydrogens (tertiary/aromatic N) is 1. The Morgan fingerprint density at radius 2 is 2.06 bits per heavy atom. The van der Waals surface area contributed by atoms with Crippen LogP contribution in [0.1, 0.15) is 24.6 Å². The summed E-state index contributed by atoms with van der Waals surface area (Å²) in [5.74, 6) is 0.357. The second kappa shape index (κ2) is 3.48. The Kier molecular flexibility index (Phi) is 2.10. The van der Waals surface area contributed by atoms with Crippen LogP contribution in [0.25, 0.3) is 10.9 Å². The predicted octanol–water partition coefficient (Wildman–Crippen LogP) is 2.72. The van der Waals surface area contributed by atoms with Gasteiger partial charge in [0, 0.05) is 23.0 Å². The topological polar surface area (TPSA) is 22.0 Å². The van der Waals surface area contributed by atoms with Crippen molar-refractivity contribution in [3.05, 3.63) is 35.5 Å². The Bertz CT molecular complexity index is 565. The van der Waals surface area contributed by atoms with Gasteiger partial charge in [0.2, 0.25) is 0 Å². The van der Waals surface area contributed by atoms with Crippen LogP contribution in [-0.4, -0.2) is 10.4 Å². The van der Waals surface area contributed by atoms with Gasteiger partial charge < -0.3 is 4.57 Å². The maximum Gasteiger partial charge on any atom is 0.152 e. The number of carbonyl (C=O) groups is 1. The summed E-state index contributed by atoms with van der Waals surface area (Å²) in [4.78, 5) is 11.5. The largest absolute Gasteiger partial charge is 0.337 e. The first-order valence-corrected chi connectivity index (χ1v) is 5.92. The lowest BCUT2D eigenvalue weighted by Crippen LogP contribution is -2.19. The summed E-state index contributed by atoms with van der Waals surface area (Å²) in [6.07, 6.45) is 2.68. The molecule has 1 aliphatic heterocycles. The number of benzene rings is 1. The van der Waals surface area contributed by atoms with Gasteiger partial charge in [0.05, 0.1) is 6.54 Å². The van der Waals surface area contributed by atoms with Crippen molar-refractivity contribution in [3.63, 3.8) is 0 Å². The van der Waals surface area contributed by atoms with Crippen molar-refractivity contribution in [2.24, 2.45) is 0 Å². The van der Waals surface area contributed by atoms with Crippen molar-refractivity contribution in [2.45, 2.75) is 32.7 Å². The Morgan fingerprint density at radius 3 is 2.88 bits per heavy atom. The average molecular weight is 213 g/mol. The summed E-state index contributed by atoms with van der Waals surface area (Å²) in [5.41, 5.74) is 4.04. The zero-order valence-electron chi connectivity index (χ0n) is 9.49. The molecule has 3 rings (SSSR count). The van der Waals surface area contributed by atoms with Gasteiger partial charge in [-0.15, -0.1) is 0 Å². The van der Waals surface area contributed by atoms with E-state index in [1.165, 1.54) is 22.2 Å². The van der Waals surface area contributed by atoms with Gasteiger partial charge in [0.25, 0.3) is 0 Å². The van der Waals surface area contributed by atoms with Gasteiger partial charge in [-0.25, -0.2) is 0 Å². The van der Waals surface area contributed by atoms with E-state index in [0.717, 1.165) is 12.8 Å². The first kappa shape index (κ1) is 9.64. The maximum atomic E-state index is 11.5. The van der Waals surface area contributed by atoms with E-state index in [9.17, 15) is 4.79 Å². The Balaban J connectivity index is 2.35. The van der Waals surface area contributed by atoms with Gasteiger partial charge in [-0.3, -0.25) is 4.79 Å². The summed E-state index contributed by atoms with van der Waals surface area (Å²) >= 11 is 0. The summed E-state index contributed by atoms with van der Waals surface area (Å²) in [6, 6.07) is 8.42. The molecule has 0 spiro atoms. The van der Waals surface area contributed by atoms with E-state index in [2.05, 4.69) is 29.7 Å². The SMILES string of the molecule is CCc1c2n(c3ccccc13)CC(=O)CC2. The second-order valence-electron chi connectivity index (χ2n) is 4.42. The minimum Gasteiger partial charge on any atom is -0.337 e. The summed E-state index contributed by atoms with van der Waals surface area (Å²) in [5, 5.41) is 1.33. The van der Waals surface area contributed by atoms with Crippen molar-refractivity contribution < 1.29 is 4.79 Å². The molecular weight excluding hydrogens is 198 g/mol. The van der Waals surface area contributed by atoms with E-state index >= 15 is 0 Å². The number of para-hydroxylation sites is 1. The predicted molar refractivity (Wildman–Crippen MR) is 64.6 cm³/mol. The molecule has 0 bridgehead atoms. The number of carbonyl (C=O) groups excluding carboxylic acids is 1. The van der Waals surface area contributed by atoms with Crippen molar-refractivity contribution in [3.8, 4) is 0 Å². The van der Waals surface area contributed by atoms with Crippen molar-refractivity contribution in [1.29, 1.82) is 0 Å². The fraction of sp³-hybridized carbons (Fsp3) is 0.357. The first-order valence-electron chi connectivity index (χ1n) is 5.92. The highest BCUT2D eigenvalue weighted by atomic mass is 16.1. The second-order valence-corrected chi connectivity index (χ2v) is 4.42. The number of aryl methyl sites for hydroxylation is 1. The van der Waals surface area contributed by atoms with Crippen LogP contribution in [0.4, 0.5) is 0 Å². The number of hydrogen-bond donors (Lipinski definition) is 0. The lowest BCUT2D eigenvalue weighted by Gasteiger charge is -2.16. The van der Waals surface area contributed by atoms with Crippen LogP contribution in [0, 0.1) is 0 Å². The third-order valence-corrected chi connectivity index (χ3v) is 3.52. The molecule has 0 atom stereocenters. The van der Waals surface area contributed by atoms with Gasteiger partial charge in [-0.1, -0.05) is 25.1 Å². The quantitative estimate of drug-likeness (QED) is 0.714. The molecule has 0 amide bonds. The van der Waals surface area contributed by atoms with Crippen LogP contribution < -0.4 is 0 Å². The smallest absolute Gasteiger partial charge is 0.152 e. The van der Waals surface area contributed by atoms with Crippen LogP contribution >= 0.6 is 0 Å². The van der Waals surface area contributed by atoms with Gasteiger partial charge in [-0.05, 0) is 24.5 Å². The number of hydrogen-bond acceptors (Lipinski definition) is 1. The van der Waals surface area contributed by atoms with Crippen LogP contribution in [0.15, 0.2) is 24.3 Å². The average Bonchev–Trinajstić information content (AvgIpc) is 2.62. The molecule has 0 unspecified atom stereocenters. The lowest BCUT2D eigenvalue weighted by atomic mass is 10.0. The molecule has 2 heteroatoms. The van der Waals surface area contributed by atoms with Gasteiger partial charge in [0.1, 0.15) is 0 Å². The highest BCUT2D eigenvalue weighted by Gasteiger charge is 2.21. The van der Waals surface area contributed by atoms with E-state index < -0.39 is 0 Å². The fourth-order valence-corrected chi connectivity index (χ4v) is 2.80. The van der Waals surface area contributed by atoms with Crippen LogP contribution in [-0.2, 0) is 24.2 Å². The van der Waals surface area contributed by atoms with Crippen LogP contribution in [0.2, 0.25) is 0 Å². The minimum atomic E-state index is 0.357. The number of Topliss-reactive ketones (excluding diaryl/α,β-unsaturated/α-hetero) is 1. The molecule has 0 fully saturated rings. The standard InChI is InChI=1S/C14H15NO/c1-2-11-12-5-3-4-6-13(12)15-9-10(16)7-8-14(11)15/h3-6H,2,7-9H2,1H3. The Morgan fingerprint density at radius 1 is 1.25 bits per heavy atom. The molecule has 1 aliphatic rings. The van der Waals surface area contributed by atoms with Crippen LogP contribution in [0.5, 0.6) is 0 Å². The fourth-order valence-electron chi connectivity index (χ4n) is 2.80. The van der Waals surface area contributed by atoms with Gasteiger partial charge in [-0.2, -0.15) is 0 Å². The number of aromatic nitrogens is 1. The molecule has 2 aromatic rings. The number of fused-ring (bicyclic) bond motifs is 3. The van der Waals surface area contributed by atoms with E-state index in [4.69, 9.17) is 0 Å². The number of rotatable bonds is 1.